The minimum atomic E-state index is -0.766. The second-order valence-corrected chi connectivity index (χ2v) is 4.78. The van der Waals surface area contributed by atoms with Gasteiger partial charge in [-0.1, -0.05) is 15.9 Å². The number of ether oxygens (including phenoxy) is 1. The normalized spacial score (nSPS) is 19.0. The Balaban J connectivity index is 2.60. The number of halogens is 1. The maximum atomic E-state index is 11.2. The van der Waals surface area contributed by atoms with E-state index in [0.717, 1.165) is 28.4 Å². The summed E-state index contributed by atoms with van der Waals surface area (Å²) in [5.74, 6) is -0.515. The summed E-state index contributed by atoms with van der Waals surface area (Å²) in [6.45, 7) is 0. The first kappa shape index (κ1) is 11.5. The lowest BCUT2D eigenvalue weighted by Crippen LogP contribution is -2.19. The monoisotopic (exact) mass is 284 g/mol. The van der Waals surface area contributed by atoms with Crippen molar-refractivity contribution in [3.05, 3.63) is 27.7 Å². The van der Waals surface area contributed by atoms with Gasteiger partial charge in [-0.05, 0) is 37.0 Å². The molecule has 1 unspecified atom stereocenters. The highest BCUT2D eigenvalue weighted by Gasteiger charge is 2.30. The molecule has 0 saturated heterocycles. The number of hydrogen-bond acceptors (Lipinski definition) is 2. The molecule has 1 aromatic rings. The van der Waals surface area contributed by atoms with E-state index in [2.05, 4.69) is 15.9 Å². The minimum absolute atomic E-state index is 0.434. The summed E-state index contributed by atoms with van der Waals surface area (Å²) < 4.78 is 6.24. The van der Waals surface area contributed by atoms with Gasteiger partial charge >= 0.3 is 5.97 Å². The van der Waals surface area contributed by atoms with E-state index in [1.54, 1.807) is 7.11 Å². The lowest BCUT2D eigenvalue weighted by atomic mass is 9.82. The van der Waals surface area contributed by atoms with Gasteiger partial charge in [0.25, 0.3) is 0 Å². The van der Waals surface area contributed by atoms with E-state index in [4.69, 9.17) is 4.74 Å². The van der Waals surface area contributed by atoms with Gasteiger partial charge in [0, 0.05) is 10.0 Å². The van der Waals surface area contributed by atoms with Crippen LogP contribution in [-0.4, -0.2) is 18.2 Å². The molecule has 86 valence electrons. The molecule has 0 amide bonds. The van der Waals surface area contributed by atoms with Gasteiger partial charge in [0.15, 0.2) is 0 Å². The van der Waals surface area contributed by atoms with Crippen LogP contribution < -0.4 is 4.74 Å². The molecule has 0 aromatic heterocycles. The Labute approximate surface area is 103 Å². The summed E-state index contributed by atoms with van der Waals surface area (Å²) >= 11 is 3.47. The molecule has 1 atom stereocenters. The molecule has 0 bridgehead atoms. The lowest BCUT2D eigenvalue weighted by molar-refractivity contribution is -0.139. The first-order valence-electron chi connectivity index (χ1n) is 5.23. The van der Waals surface area contributed by atoms with Crippen LogP contribution in [0.15, 0.2) is 16.6 Å². The van der Waals surface area contributed by atoms with Crippen LogP contribution in [0.25, 0.3) is 0 Å². The highest BCUT2D eigenvalue weighted by molar-refractivity contribution is 9.10. The van der Waals surface area contributed by atoms with Gasteiger partial charge in [-0.2, -0.15) is 0 Å². The Morgan fingerprint density at radius 2 is 2.31 bits per heavy atom. The summed E-state index contributed by atoms with van der Waals surface area (Å²) in [7, 11) is 1.58. The molecule has 4 heteroatoms. The Bertz CT molecular complexity index is 429. The fourth-order valence-electron chi connectivity index (χ4n) is 2.30. The summed E-state index contributed by atoms with van der Waals surface area (Å²) in [6.07, 6.45) is 2.52. The third-order valence-electron chi connectivity index (χ3n) is 3.05. The Morgan fingerprint density at radius 3 is 2.94 bits per heavy atom. The summed E-state index contributed by atoms with van der Waals surface area (Å²) in [6, 6.07) is 3.74. The van der Waals surface area contributed by atoms with Crippen molar-refractivity contribution in [3.8, 4) is 5.75 Å². The molecule has 3 nitrogen and oxygen atoms in total. The lowest BCUT2D eigenvalue weighted by Gasteiger charge is -2.25. The van der Waals surface area contributed by atoms with Gasteiger partial charge in [-0.3, -0.25) is 4.79 Å². The Hall–Kier alpha value is -1.03. The largest absolute Gasteiger partial charge is 0.496 e. The SMILES string of the molecule is COc1ccc(Br)c2c1C(C(=O)O)CCC2. The van der Waals surface area contributed by atoms with Gasteiger partial charge in [0.2, 0.25) is 0 Å². The summed E-state index contributed by atoms with van der Waals surface area (Å²) in [5, 5.41) is 9.23. The molecular weight excluding hydrogens is 272 g/mol. The van der Waals surface area contributed by atoms with E-state index in [1.165, 1.54) is 0 Å². The van der Waals surface area contributed by atoms with Gasteiger partial charge in [0.1, 0.15) is 5.75 Å². The molecule has 0 heterocycles. The third kappa shape index (κ3) is 1.82. The quantitative estimate of drug-likeness (QED) is 0.908. The Kier molecular flexibility index (Phi) is 3.19. The molecule has 16 heavy (non-hydrogen) atoms. The number of carboxylic acid groups (broad SMARTS) is 1. The maximum Gasteiger partial charge on any atom is 0.311 e. The molecule has 1 aliphatic rings. The molecule has 2 rings (SSSR count). The summed E-state index contributed by atoms with van der Waals surface area (Å²) in [5.41, 5.74) is 1.92. The Morgan fingerprint density at radius 1 is 1.56 bits per heavy atom. The van der Waals surface area contributed by atoms with Crippen LogP contribution in [0.3, 0.4) is 0 Å². The highest BCUT2D eigenvalue weighted by Crippen LogP contribution is 2.41. The second-order valence-electron chi connectivity index (χ2n) is 3.92. The number of benzene rings is 1. The fourth-order valence-corrected chi connectivity index (χ4v) is 2.85. The minimum Gasteiger partial charge on any atom is -0.496 e. The first-order chi connectivity index (χ1) is 7.65. The van der Waals surface area contributed by atoms with Crippen molar-refractivity contribution in [2.24, 2.45) is 0 Å². The predicted octanol–water partition coefficient (Wildman–Crippen LogP) is 2.96. The second kappa shape index (κ2) is 4.45. The van der Waals surface area contributed by atoms with Crippen molar-refractivity contribution < 1.29 is 14.6 Å². The molecule has 1 N–H and O–H groups in total. The number of hydrogen-bond donors (Lipinski definition) is 1. The standard InChI is InChI=1S/C12H13BrO3/c1-16-10-6-5-9(13)7-3-2-4-8(11(7)10)12(14)15/h5-6,8H,2-4H2,1H3,(H,14,15). The molecule has 0 saturated carbocycles. The molecule has 1 aromatic carbocycles. The van der Waals surface area contributed by atoms with E-state index in [0.29, 0.717) is 12.2 Å². The molecular formula is C12H13BrO3. The van der Waals surface area contributed by atoms with Crippen LogP contribution in [0.1, 0.15) is 29.9 Å². The number of carboxylic acids is 1. The van der Waals surface area contributed by atoms with E-state index >= 15 is 0 Å². The number of carbonyl (C=O) groups is 1. The predicted molar refractivity (Wildman–Crippen MR) is 64.0 cm³/mol. The van der Waals surface area contributed by atoms with Crippen molar-refractivity contribution in [3.63, 3.8) is 0 Å². The zero-order valence-corrected chi connectivity index (χ0v) is 10.6. The van der Waals surface area contributed by atoms with Gasteiger partial charge in [-0.25, -0.2) is 0 Å². The van der Waals surface area contributed by atoms with E-state index in [1.807, 2.05) is 12.1 Å². The van der Waals surface area contributed by atoms with E-state index in [9.17, 15) is 9.90 Å². The van der Waals surface area contributed by atoms with Crippen LogP contribution in [0.5, 0.6) is 5.75 Å². The van der Waals surface area contributed by atoms with E-state index in [-0.39, 0.29) is 0 Å². The topological polar surface area (TPSA) is 46.5 Å². The van der Waals surface area contributed by atoms with Gasteiger partial charge < -0.3 is 9.84 Å². The van der Waals surface area contributed by atoms with Crippen molar-refractivity contribution in [2.75, 3.05) is 7.11 Å². The van der Waals surface area contributed by atoms with Crippen molar-refractivity contribution in [1.29, 1.82) is 0 Å². The van der Waals surface area contributed by atoms with Crippen molar-refractivity contribution in [1.82, 2.24) is 0 Å². The average Bonchev–Trinajstić information content (AvgIpc) is 2.29. The molecule has 0 spiro atoms. The fraction of sp³-hybridized carbons (Fsp3) is 0.417. The zero-order valence-electron chi connectivity index (χ0n) is 9.00. The third-order valence-corrected chi connectivity index (χ3v) is 3.79. The number of aliphatic carboxylic acids is 1. The van der Waals surface area contributed by atoms with Crippen LogP contribution in [0.4, 0.5) is 0 Å². The number of rotatable bonds is 2. The smallest absolute Gasteiger partial charge is 0.311 e. The highest BCUT2D eigenvalue weighted by atomic mass is 79.9. The van der Waals surface area contributed by atoms with Crippen LogP contribution in [-0.2, 0) is 11.2 Å². The van der Waals surface area contributed by atoms with Gasteiger partial charge in [0.05, 0.1) is 13.0 Å². The van der Waals surface area contributed by atoms with Gasteiger partial charge in [-0.15, -0.1) is 0 Å². The zero-order chi connectivity index (χ0) is 11.7. The molecule has 0 fully saturated rings. The van der Waals surface area contributed by atoms with Crippen LogP contribution in [0.2, 0.25) is 0 Å². The average molecular weight is 285 g/mol. The van der Waals surface area contributed by atoms with Crippen LogP contribution in [0, 0.1) is 0 Å². The number of fused-ring (bicyclic) bond motifs is 1. The van der Waals surface area contributed by atoms with Crippen molar-refractivity contribution >= 4 is 21.9 Å². The molecule has 0 aliphatic heterocycles. The summed E-state index contributed by atoms with van der Waals surface area (Å²) in [4.78, 5) is 11.2. The number of methoxy groups -OCH3 is 1. The van der Waals surface area contributed by atoms with Crippen molar-refractivity contribution in [2.45, 2.75) is 25.2 Å². The van der Waals surface area contributed by atoms with Crippen LogP contribution >= 0.6 is 15.9 Å². The molecule has 1 aliphatic carbocycles. The maximum absolute atomic E-state index is 11.2. The van der Waals surface area contributed by atoms with E-state index < -0.39 is 11.9 Å². The first-order valence-corrected chi connectivity index (χ1v) is 6.02. The molecule has 0 radical (unpaired) electrons.